The molecule has 0 unspecified atom stereocenters. The predicted octanol–water partition coefficient (Wildman–Crippen LogP) is 3.12. The van der Waals surface area contributed by atoms with Crippen molar-refractivity contribution in [2.45, 2.75) is 6.92 Å². The summed E-state index contributed by atoms with van der Waals surface area (Å²) in [6.45, 7) is 1.35. The van der Waals surface area contributed by atoms with Crippen molar-refractivity contribution in [2.24, 2.45) is 0 Å². The highest BCUT2D eigenvalue weighted by atomic mass is 35.5. The molecule has 2 N–H and O–H groups in total. The van der Waals surface area contributed by atoms with E-state index in [9.17, 15) is 14.7 Å². The normalized spacial score (nSPS) is 11.0. The number of carbonyl (C=O) groups excluding carboxylic acids is 2. The number of ether oxygens (including phenoxy) is 1. The molecule has 4 rings (SSSR count). The third-order valence-corrected chi connectivity index (χ3v) is 4.90. The predicted molar refractivity (Wildman–Crippen MR) is 112 cm³/mol. The molecule has 0 saturated carbocycles. The van der Waals surface area contributed by atoms with Crippen molar-refractivity contribution in [1.82, 2.24) is 19.9 Å². The number of hydrogen-bond donors (Lipinski definition) is 2. The maximum Gasteiger partial charge on any atom is 0.325 e. The molecule has 2 aromatic carbocycles. The molecule has 0 atom stereocenters. The number of pyridine rings is 1. The van der Waals surface area contributed by atoms with E-state index < -0.39 is 11.9 Å². The zero-order valence-electron chi connectivity index (χ0n) is 16.1. The minimum absolute atomic E-state index is 0.120. The van der Waals surface area contributed by atoms with Crippen LogP contribution in [0.1, 0.15) is 16.3 Å². The summed E-state index contributed by atoms with van der Waals surface area (Å²) < 4.78 is 5.83. The second-order valence-electron chi connectivity index (χ2n) is 6.59. The van der Waals surface area contributed by atoms with Crippen molar-refractivity contribution in [3.05, 3.63) is 59.0 Å². The fraction of sp³-hybridized carbons (Fsp3) is 0.143. The van der Waals surface area contributed by atoms with Gasteiger partial charge in [-0.25, -0.2) is 9.50 Å². The van der Waals surface area contributed by atoms with Crippen molar-refractivity contribution in [3.63, 3.8) is 0 Å². The summed E-state index contributed by atoms with van der Waals surface area (Å²) in [5.41, 5.74) is 1.89. The van der Waals surface area contributed by atoms with Crippen LogP contribution in [0.15, 0.2) is 42.5 Å². The van der Waals surface area contributed by atoms with Crippen molar-refractivity contribution >= 4 is 39.9 Å². The Morgan fingerprint density at radius 3 is 2.73 bits per heavy atom. The number of aromatic hydroxyl groups is 1. The summed E-state index contributed by atoms with van der Waals surface area (Å²) >= 11 is 6.17. The van der Waals surface area contributed by atoms with Gasteiger partial charge in [0.25, 0.3) is 5.91 Å². The van der Waals surface area contributed by atoms with Gasteiger partial charge >= 0.3 is 5.97 Å². The van der Waals surface area contributed by atoms with E-state index in [0.29, 0.717) is 27.3 Å². The van der Waals surface area contributed by atoms with E-state index in [2.05, 4.69) is 20.1 Å². The Balaban J connectivity index is 1.99. The van der Waals surface area contributed by atoms with Crippen LogP contribution in [0.4, 0.5) is 0 Å². The number of esters is 1. The summed E-state index contributed by atoms with van der Waals surface area (Å²) in [6.07, 6.45) is 0. The summed E-state index contributed by atoms with van der Waals surface area (Å²) in [4.78, 5) is 28.6. The van der Waals surface area contributed by atoms with Crippen molar-refractivity contribution in [2.75, 3.05) is 13.7 Å². The number of aromatic nitrogens is 3. The first-order valence-corrected chi connectivity index (χ1v) is 9.40. The van der Waals surface area contributed by atoms with Crippen LogP contribution in [0.3, 0.4) is 0 Å². The zero-order valence-corrected chi connectivity index (χ0v) is 16.9. The average Bonchev–Trinajstić information content (AvgIpc) is 3.12. The minimum Gasteiger partial charge on any atom is -0.505 e. The molecule has 0 spiro atoms. The van der Waals surface area contributed by atoms with E-state index >= 15 is 0 Å². The summed E-state index contributed by atoms with van der Waals surface area (Å²) in [5.74, 6) is -1.14. The van der Waals surface area contributed by atoms with Crippen molar-refractivity contribution in [3.8, 4) is 16.9 Å². The molecule has 4 aromatic rings. The first-order chi connectivity index (χ1) is 14.4. The zero-order chi connectivity index (χ0) is 21.4. The van der Waals surface area contributed by atoms with Crippen LogP contribution in [0.25, 0.3) is 27.5 Å². The largest absolute Gasteiger partial charge is 0.505 e. The number of rotatable bonds is 4. The van der Waals surface area contributed by atoms with Gasteiger partial charge in [0.05, 0.1) is 7.11 Å². The molecule has 0 fully saturated rings. The third kappa shape index (κ3) is 3.31. The highest BCUT2D eigenvalue weighted by molar-refractivity contribution is 6.31. The lowest BCUT2D eigenvalue weighted by Gasteiger charge is -2.14. The van der Waals surface area contributed by atoms with Crippen molar-refractivity contribution < 1.29 is 19.4 Å². The monoisotopic (exact) mass is 424 g/mol. The number of benzene rings is 2. The molecule has 1 amide bonds. The molecule has 8 nitrogen and oxygen atoms in total. The van der Waals surface area contributed by atoms with E-state index in [1.54, 1.807) is 25.1 Å². The summed E-state index contributed by atoms with van der Waals surface area (Å²) in [7, 11) is 1.22. The van der Waals surface area contributed by atoms with Gasteiger partial charge in [0.1, 0.15) is 12.4 Å². The average molecular weight is 425 g/mol. The molecule has 0 aliphatic carbocycles. The Labute approximate surface area is 176 Å². The molecular formula is C21H17ClN4O4. The highest BCUT2D eigenvalue weighted by Crippen LogP contribution is 2.38. The second-order valence-corrected chi connectivity index (χ2v) is 7.03. The molecule has 0 aliphatic heterocycles. The molecule has 30 heavy (non-hydrogen) atoms. The van der Waals surface area contributed by atoms with Crippen LogP contribution >= 0.6 is 11.6 Å². The summed E-state index contributed by atoms with van der Waals surface area (Å²) in [5, 5.41) is 19.3. The molecule has 0 saturated heterocycles. The number of hydrogen-bond acceptors (Lipinski definition) is 6. The van der Waals surface area contributed by atoms with Crippen LogP contribution < -0.4 is 5.32 Å². The van der Waals surface area contributed by atoms with Gasteiger partial charge in [-0.05, 0) is 30.2 Å². The SMILES string of the molecule is COC(=O)CNC(=O)c1c(O)c2cccc(-c3cccc(Cl)c3)c2c2nc(C)nn12. The van der Waals surface area contributed by atoms with Gasteiger partial charge < -0.3 is 15.2 Å². The Hall–Kier alpha value is -3.65. The molecule has 0 bridgehead atoms. The van der Waals surface area contributed by atoms with Gasteiger partial charge in [-0.3, -0.25) is 9.59 Å². The number of aryl methyl sites for hydroxylation is 1. The van der Waals surface area contributed by atoms with E-state index in [4.69, 9.17) is 11.6 Å². The van der Waals surface area contributed by atoms with Gasteiger partial charge in [0.15, 0.2) is 17.1 Å². The number of carbonyl (C=O) groups is 2. The number of methoxy groups -OCH3 is 1. The smallest absolute Gasteiger partial charge is 0.325 e. The van der Waals surface area contributed by atoms with Crippen LogP contribution in [-0.2, 0) is 9.53 Å². The number of nitrogens with zero attached hydrogens (tertiary/aromatic N) is 3. The Bertz CT molecular complexity index is 1320. The highest BCUT2D eigenvalue weighted by Gasteiger charge is 2.24. The Morgan fingerprint density at radius 2 is 2.00 bits per heavy atom. The quantitative estimate of drug-likeness (QED) is 0.487. The fourth-order valence-corrected chi connectivity index (χ4v) is 3.55. The lowest BCUT2D eigenvalue weighted by Crippen LogP contribution is -2.31. The van der Waals surface area contributed by atoms with Gasteiger partial charge in [0, 0.05) is 15.8 Å². The topological polar surface area (TPSA) is 106 Å². The minimum atomic E-state index is -0.678. The maximum absolute atomic E-state index is 12.8. The van der Waals surface area contributed by atoms with Gasteiger partial charge in [-0.2, -0.15) is 5.10 Å². The second kappa shape index (κ2) is 7.64. The molecule has 0 radical (unpaired) electrons. The number of halogens is 1. The van der Waals surface area contributed by atoms with Crippen LogP contribution in [0.5, 0.6) is 5.75 Å². The third-order valence-electron chi connectivity index (χ3n) is 4.66. The molecule has 152 valence electrons. The number of amides is 1. The summed E-state index contributed by atoms with van der Waals surface area (Å²) in [6, 6.07) is 12.7. The van der Waals surface area contributed by atoms with E-state index in [0.717, 1.165) is 11.1 Å². The Kier molecular flexibility index (Phi) is 5.01. The molecule has 2 aromatic heterocycles. The lowest BCUT2D eigenvalue weighted by atomic mass is 9.98. The van der Waals surface area contributed by atoms with Crippen LogP contribution in [-0.4, -0.2) is 45.2 Å². The van der Waals surface area contributed by atoms with Gasteiger partial charge in [-0.15, -0.1) is 0 Å². The molecular weight excluding hydrogens is 408 g/mol. The first kappa shape index (κ1) is 19.7. The number of nitrogens with one attached hydrogen (secondary N) is 1. The van der Waals surface area contributed by atoms with Gasteiger partial charge in [-0.1, -0.05) is 41.9 Å². The number of fused-ring (bicyclic) bond motifs is 3. The maximum atomic E-state index is 12.8. The van der Waals surface area contributed by atoms with Crippen LogP contribution in [0.2, 0.25) is 5.02 Å². The Morgan fingerprint density at radius 1 is 1.23 bits per heavy atom. The molecule has 9 heteroatoms. The fourth-order valence-electron chi connectivity index (χ4n) is 3.36. The lowest BCUT2D eigenvalue weighted by molar-refractivity contribution is -0.139. The van der Waals surface area contributed by atoms with Crippen molar-refractivity contribution in [1.29, 1.82) is 0 Å². The molecule has 0 aliphatic rings. The van der Waals surface area contributed by atoms with E-state index in [1.165, 1.54) is 11.6 Å². The van der Waals surface area contributed by atoms with Crippen LogP contribution in [0, 0.1) is 6.92 Å². The first-order valence-electron chi connectivity index (χ1n) is 9.02. The molecule has 2 heterocycles. The van der Waals surface area contributed by atoms with E-state index in [-0.39, 0.29) is 18.0 Å². The van der Waals surface area contributed by atoms with Gasteiger partial charge in [0.2, 0.25) is 0 Å². The standard InChI is InChI=1S/C21H17ClN4O4/c1-11-24-20-17-14(12-5-3-6-13(22)9-12)7-4-8-15(17)19(28)18(26(20)25-11)21(29)23-10-16(27)30-2/h3-9,28H,10H2,1-2H3,(H,23,29). The van der Waals surface area contributed by atoms with E-state index in [1.807, 2.05) is 24.3 Å².